The normalized spacial score (nSPS) is 15.7. The number of nitrogens with zero attached hydrogens (tertiary/aromatic N) is 1. The molecule has 2 heterocycles. The van der Waals surface area contributed by atoms with Crippen LogP contribution in [0, 0.1) is 5.92 Å². The molecule has 8 heteroatoms. The molecule has 2 rings (SSSR count). The Morgan fingerprint density at radius 3 is 2.68 bits per heavy atom. The first-order chi connectivity index (χ1) is 8.94. The molecule has 1 aromatic rings. The van der Waals surface area contributed by atoms with Crippen LogP contribution in [0.1, 0.15) is 0 Å². The SMILES string of the molecule is O=C(Nc1ccc(OCC(F)(F)F)nc1)C1CNC1. The summed E-state index contributed by atoms with van der Waals surface area (Å²) in [6.07, 6.45) is -3.14. The number of alkyl halides is 3. The van der Waals surface area contributed by atoms with Crippen molar-refractivity contribution in [2.45, 2.75) is 6.18 Å². The third-order valence-electron chi connectivity index (χ3n) is 2.54. The van der Waals surface area contributed by atoms with E-state index < -0.39 is 12.8 Å². The number of anilines is 1. The maximum atomic E-state index is 11.9. The highest BCUT2D eigenvalue weighted by Gasteiger charge is 2.28. The van der Waals surface area contributed by atoms with E-state index in [4.69, 9.17) is 0 Å². The van der Waals surface area contributed by atoms with Crippen LogP contribution in [0.15, 0.2) is 18.3 Å². The number of carbonyl (C=O) groups is 1. The molecule has 0 saturated carbocycles. The predicted octanol–water partition coefficient (Wildman–Crippen LogP) is 1.18. The Morgan fingerprint density at radius 1 is 1.47 bits per heavy atom. The van der Waals surface area contributed by atoms with Gasteiger partial charge in [0.1, 0.15) is 0 Å². The molecule has 0 aromatic carbocycles. The standard InChI is InChI=1S/C11H12F3N3O2/c12-11(13,14)6-19-9-2-1-8(5-16-9)17-10(18)7-3-15-4-7/h1-2,5,7,15H,3-4,6H2,(H,17,18). The Hall–Kier alpha value is -1.83. The van der Waals surface area contributed by atoms with Gasteiger partial charge in [0.25, 0.3) is 0 Å². The van der Waals surface area contributed by atoms with Crippen molar-refractivity contribution in [3.8, 4) is 5.88 Å². The molecule has 0 bridgehead atoms. The number of nitrogens with one attached hydrogen (secondary N) is 2. The summed E-state index contributed by atoms with van der Waals surface area (Å²) in [5, 5.41) is 5.59. The van der Waals surface area contributed by atoms with Gasteiger partial charge in [-0.25, -0.2) is 4.98 Å². The van der Waals surface area contributed by atoms with Gasteiger partial charge in [-0.05, 0) is 6.07 Å². The predicted molar refractivity (Wildman–Crippen MR) is 60.8 cm³/mol. The average Bonchev–Trinajstić information content (AvgIpc) is 2.24. The van der Waals surface area contributed by atoms with Crippen molar-refractivity contribution in [1.82, 2.24) is 10.3 Å². The van der Waals surface area contributed by atoms with Crippen LogP contribution < -0.4 is 15.4 Å². The van der Waals surface area contributed by atoms with Crippen LogP contribution in [0.25, 0.3) is 0 Å². The molecular formula is C11H12F3N3O2. The van der Waals surface area contributed by atoms with E-state index in [0.717, 1.165) is 0 Å². The summed E-state index contributed by atoms with van der Waals surface area (Å²) < 4.78 is 40.2. The van der Waals surface area contributed by atoms with E-state index in [1.165, 1.54) is 18.3 Å². The molecule has 1 saturated heterocycles. The Balaban J connectivity index is 1.85. The molecule has 0 aliphatic carbocycles. The molecular weight excluding hydrogens is 263 g/mol. The smallest absolute Gasteiger partial charge is 0.422 e. The second-order valence-electron chi connectivity index (χ2n) is 4.13. The van der Waals surface area contributed by atoms with E-state index in [2.05, 4.69) is 20.4 Å². The third-order valence-corrected chi connectivity index (χ3v) is 2.54. The van der Waals surface area contributed by atoms with Crippen molar-refractivity contribution >= 4 is 11.6 Å². The van der Waals surface area contributed by atoms with Gasteiger partial charge < -0.3 is 15.4 Å². The molecule has 19 heavy (non-hydrogen) atoms. The molecule has 0 unspecified atom stereocenters. The van der Waals surface area contributed by atoms with E-state index in [9.17, 15) is 18.0 Å². The summed E-state index contributed by atoms with van der Waals surface area (Å²) in [6.45, 7) is -0.127. The van der Waals surface area contributed by atoms with Crippen molar-refractivity contribution in [2.24, 2.45) is 5.92 Å². The summed E-state index contributed by atoms with van der Waals surface area (Å²) in [7, 11) is 0. The molecule has 2 N–H and O–H groups in total. The zero-order chi connectivity index (χ0) is 13.9. The van der Waals surface area contributed by atoms with Crippen LogP contribution in [-0.4, -0.2) is 36.8 Å². The minimum atomic E-state index is -4.40. The molecule has 1 amide bonds. The van der Waals surface area contributed by atoms with Crippen LogP contribution >= 0.6 is 0 Å². The molecule has 5 nitrogen and oxygen atoms in total. The largest absolute Gasteiger partial charge is 0.468 e. The fourth-order valence-electron chi connectivity index (χ4n) is 1.41. The van der Waals surface area contributed by atoms with Gasteiger partial charge in [-0.3, -0.25) is 4.79 Å². The Labute approximate surface area is 107 Å². The molecule has 104 valence electrons. The van der Waals surface area contributed by atoms with Crippen LogP contribution in [0.2, 0.25) is 0 Å². The van der Waals surface area contributed by atoms with Crippen LogP contribution in [0.3, 0.4) is 0 Å². The van der Waals surface area contributed by atoms with Gasteiger partial charge in [0, 0.05) is 19.2 Å². The lowest BCUT2D eigenvalue weighted by atomic mass is 10.0. The van der Waals surface area contributed by atoms with Crippen LogP contribution in [0.5, 0.6) is 5.88 Å². The highest BCUT2D eigenvalue weighted by Crippen LogP contribution is 2.18. The van der Waals surface area contributed by atoms with Gasteiger partial charge in [-0.2, -0.15) is 13.2 Å². The quantitative estimate of drug-likeness (QED) is 0.866. The summed E-state index contributed by atoms with van der Waals surface area (Å²) in [4.78, 5) is 15.3. The number of rotatable bonds is 4. The first kappa shape index (κ1) is 13.6. The second-order valence-corrected chi connectivity index (χ2v) is 4.13. The number of hydrogen-bond donors (Lipinski definition) is 2. The van der Waals surface area contributed by atoms with E-state index >= 15 is 0 Å². The Kier molecular flexibility index (Phi) is 3.89. The fraction of sp³-hybridized carbons (Fsp3) is 0.455. The van der Waals surface area contributed by atoms with Gasteiger partial charge in [0.15, 0.2) is 6.61 Å². The number of hydrogen-bond acceptors (Lipinski definition) is 4. The number of ether oxygens (including phenoxy) is 1. The maximum Gasteiger partial charge on any atom is 0.422 e. The number of carbonyl (C=O) groups excluding carboxylic acids is 1. The Morgan fingerprint density at radius 2 is 2.21 bits per heavy atom. The Bertz CT molecular complexity index is 443. The first-order valence-electron chi connectivity index (χ1n) is 5.61. The van der Waals surface area contributed by atoms with Crippen molar-refractivity contribution in [1.29, 1.82) is 0 Å². The fourth-order valence-corrected chi connectivity index (χ4v) is 1.41. The van der Waals surface area contributed by atoms with Gasteiger partial charge >= 0.3 is 6.18 Å². The molecule has 1 aromatic heterocycles. The van der Waals surface area contributed by atoms with E-state index in [1.54, 1.807) is 0 Å². The van der Waals surface area contributed by atoms with Gasteiger partial charge in [-0.1, -0.05) is 0 Å². The molecule has 0 spiro atoms. The summed E-state index contributed by atoms with van der Waals surface area (Å²) in [5.74, 6) is -0.341. The zero-order valence-corrected chi connectivity index (χ0v) is 9.83. The summed E-state index contributed by atoms with van der Waals surface area (Å²) >= 11 is 0. The first-order valence-corrected chi connectivity index (χ1v) is 5.61. The number of pyridine rings is 1. The summed E-state index contributed by atoms with van der Waals surface area (Å²) in [6, 6.07) is 2.73. The molecule has 1 fully saturated rings. The minimum Gasteiger partial charge on any atom is -0.468 e. The third kappa shape index (κ3) is 4.09. The van der Waals surface area contributed by atoms with Crippen molar-refractivity contribution in [3.63, 3.8) is 0 Å². The zero-order valence-electron chi connectivity index (χ0n) is 9.83. The average molecular weight is 275 g/mol. The number of halogens is 3. The molecule has 1 aliphatic heterocycles. The van der Waals surface area contributed by atoms with Crippen molar-refractivity contribution in [3.05, 3.63) is 18.3 Å². The van der Waals surface area contributed by atoms with Crippen molar-refractivity contribution < 1.29 is 22.7 Å². The lowest BCUT2D eigenvalue weighted by molar-refractivity contribution is -0.154. The van der Waals surface area contributed by atoms with Gasteiger partial charge in [0.05, 0.1) is 17.8 Å². The molecule has 0 atom stereocenters. The highest BCUT2D eigenvalue weighted by atomic mass is 19.4. The van der Waals surface area contributed by atoms with Gasteiger partial charge in [-0.15, -0.1) is 0 Å². The number of aromatic nitrogens is 1. The topological polar surface area (TPSA) is 63.2 Å². The summed E-state index contributed by atoms with van der Waals surface area (Å²) in [5.41, 5.74) is 0.427. The maximum absolute atomic E-state index is 11.9. The second kappa shape index (κ2) is 5.43. The van der Waals surface area contributed by atoms with E-state index in [-0.39, 0.29) is 17.7 Å². The lowest BCUT2D eigenvalue weighted by Crippen LogP contribution is -2.48. The van der Waals surface area contributed by atoms with E-state index in [1.807, 2.05) is 0 Å². The van der Waals surface area contributed by atoms with Crippen LogP contribution in [-0.2, 0) is 4.79 Å². The highest BCUT2D eigenvalue weighted by molar-refractivity contribution is 5.93. The minimum absolute atomic E-state index is 0.0684. The number of amides is 1. The lowest BCUT2D eigenvalue weighted by Gasteiger charge is -2.25. The van der Waals surface area contributed by atoms with Gasteiger partial charge in [0.2, 0.25) is 11.8 Å². The molecule has 0 radical (unpaired) electrons. The van der Waals surface area contributed by atoms with Crippen LogP contribution in [0.4, 0.5) is 18.9 Å². The van der Waals surface area contributed by atoms with Crippen molar-refractivity contribution in [2.75, 3.05) is 25.0 Å². The molecule has 1 aliphatic rings. The monoisotopic (exact) mass is 275 g/mol. The van der Waals surface area contributed by atoms with E-state index in [0.29, 0.717) is 18.8 Å².